The quantitative estimate of drug-likeness (QED) is 0.547. The monoisotopic (exact) mass is 179 g/mol. The third kappa shape index (κ3) is 1.68. The number of hydrogen-bond acceptors (Lipinski definition) is 3. The highest BCUT2D eigenvalue weighted by Gasteiger charge is 2.31. The molecule has 0 saturated heterocycles. The Bertz CT molecular complexity index is 299. The molecule has 0 fully saturated rings. The molecule has 13 heavy (non-hydrogen) atoms. The number of rotatable bonds is 3. The molecule has 4 nitrogen and oxygen atoms in total. The zero-order valence-corrected chi connectivity index (χ0v) is 7.45. The van der Waals surface area contributed by atoms with Crippen molar-refractivity contribution < 1.29 is 4.79 Å². The summed E-state index contributed by atoms with van der Waals surface area (Å²) in [5.74, 6) is -0.596. The van der Waals surface area contributed by atoms with E-state index in [1.807, 2.05) is 6.07 Å². The van der Waals surface area contributed by atoms with Gasteiger partial charge in [0.15, 0.2) is 5.66 Å². The molecule has 0 aliphatic rings. The second-order valence-electron chi connectivity index (χ2n) is 2.79. The number of hydrogen-bond donors (Lipinski definition) is 3. The first-order chi connectivity index (χ1) is 6.11. The molecule has 1 unspecified atom stereocenters. The Morgan fingerprint density at radius 3 is 2.31 bits per heavy atom. The van der Waals surface area contributed by atoms with Crippen LogP contribution in [0.5, 0.6) is 0 Å². The molecule has 1 amide bonds. The van der Waals surface area contributed by atoms with Gasteiger partial charge < -0.3 is 11.5 Å². The summed E-state index contributed by atoms with van der Waals surface area (Å²) in [5.41, 5.74) is 10.3. The second-order valence-corrected chi connectivity index (χ2v) is 2.79. The summed E-state index contributed by atoms with van der Waals surface area (Å²) in [7, 11) is 1.60. The van der Waals surface area contributed by atoms with E-state index >= 15 is 0 Å². The summed E-state index contributed by atoms with van der Waals surface area (Å²) in [6.07, 6.45) is 0. The van der Waals surface area contributed by atoms with Crippen LogP contribution in [0.3, 0.4) is 0 Å². The van der Waals surface area contributed by atoms with Gasteiger partial charge >= 0.3 is 0 Å². The number of amides is 1. The lowest BCUT2D eigenvalue weighted by molar-refractivity contribution is -0.124. The van der Waals surface area contributed by atoms with E-state index in [1.165, 1.54) is 0 Å². The number of carbonyl (C=O) groups is 1. The molecule has 1 aromatic carbocycles. The first kappa shape index (κ1) is 9.70. The maximum Gasteiger partial charge on any atom is 0.257 e. The third-order valence-corrected chi connectivity index (χ3v) is 2.01. The number of benzene rings is 1. The van der Waals surface area contributed by atoms with Crippen LogP contribution in [0, 0.1) is 0 Å². The maximum atomic E-state index is 11.1. The zero-order valence-electron chi connectivity index (χ0n) is 7.45. The van der Waals surface area contributed by atoms with Gasteiger partial charge in [0, 0.05) is 0 Å². The molecule has 0 aromatic heterocycles. The minimum absolute atomic E-state index is 0.596. The van der Waals surface area contributed by atoms with E-state index in [9.17, 15) is 4.79 Å². The molecule has 0 spiro atoms. The fourth-order valence-electron chi connectivity index (χ4n) is 1.11. The van der Waals surface area contributed by atoms with E-state index in [2.05, 4.69) is 5.32 Å². The van der Waals surface area contributed by atoms with E-state index < -0.39 is 11.6 Å². The first-order valence-corrected chi connectivity index (χ1v) is 3.94. The lowest BCUT2D eigenvalue weighted by Crippen LogP contribution is -2.58. The van der Waals surface area contributed by atoms with Crippen molar-refractivity contribution in [1.82, 2.24) is 5.32 Å². The fourth-order valence-corrected chi connectivity index (χ4v) is 1.11. The summed E-state index contributed by atoms with van der Waals surface area (Å²) >= 11 is 0. The highest BCUT2D eigenvalue weighted by Crippen LogP contribution is 2.13. The average molecular weight is 179 g/mol. The SMILES string of the molecule is CNC(N)(C(N)=O)c1ccccc1. The Morgan fingerprint density at radius 1 is 1.38 bits per heavy atom. The van der Waals surface area contributed by atoms with Crippen LogP contribution < -0.4 is 16.8 Å². The topological polar surface area (TPSA) is 81.1 Å². The molecule has 0 bridgehead atoms. The maximum absolute atomic E-state index is 11.1. The zero-order chi connectivity index (χ0) is 9.90. The van der Waals surface area contributed by atoms with Crippen molar-refractivity contribution in [2.75, 3.05) is 7.05 Å². The van der Waals surface area contributed by atoms with E-state index in [0.717, 1.165) is 0 Å². The van der Waals surface area contributed by atoms with E-state index in [1.54, 1.807) is 31.3 Å². The molecule has 0 aliphatic heterocycles. The van der Waals surface area contributed by atoms with Gasteiger partial charge in [-0.3, -0.25) is 10.1 Å². The molecule has 1 atom stereocenters. The van der Waals surface area contributed by atoms with Crippen molar-refractivity contribution in [1.29, 1.82) is 0 Å². The largest absolute Gasteiger partial charge is 0.367 e. The van der Waals surface area contributed by atoms with Crippen molar-refractivity contribution in [3.8, 4) is 0 Å². The summed E-state index contributed by atoms with van der Waals surface area (Å²) in [6, 6.07) is 8.96. The van der Waals surface area contributed by atoms with Crippen LogP contribution in [0.4, 0.5) is 0 Å². The van der Waals surface area contributed by atoms with Crippen LogP contribution in [0.1, 0.15) is 5.56 Å². The first-order valence-electron chi connectivity index (χ1n) is 3.94. The molecule has 70 valence electrons. The molecule has 0 aliphatic carbocycles. The molecule has 0 saturated carbocycles. The molecular weight excluding hydrogens is 166 g/mol. The van der Waals surface area contributed by atoms with Gasteiger partial charge in [-0.25, -0.2) is 0 Å². The lowest BCUT2D eigenvalue weighted by Gasteiger charge is -2.25. The van der Waals surface area contributed by atoms with Crippen LogP contribution in [0.15, 0.2) is 30.3 Å². The van der Waals surface area contributed by atoms with Gasteiger partial charge in [0.1, 0.15) is 0 Å². The molecular formula is C9H13N3O. The molecule has 0 heterocycles. The van der Waals surface area contributed by atoms with Crippen molar-refractivity contribution in [2.45, 2.75) is 5.66 Å². The minimum atomic E-state index is -1.28. The van der Waals surface area contributed by atoms with Crippen molar-refractivity contribution >= 4 is 5.91 Å². The second kappa shape index (κ2) is 3.55. The standard InChI is InChI=1S/C9H13N3O/c1-12-9(11,8(10)13)7-5-3-2-4-6-7/h2-6,12H,11H2,1H3,(H2,10,13). The average Bonchev–Trinajstić information content (AvgIpc) is 2.17. The third-order valence-electron chi connectivity index (χ3n) is 2.01. The Labute approximate surface area is 76.9 Å². The number of carbonyl (C=O) groups excluding carboxylic acids is 1. The predicted molar refractivity (Wildman–Crippen MR) is 50.6 cm³/mol. The van der Waals surface area contributed by atoms with E-state index in [-0.39, 0.29) is 0 Å². The highest BCUT2D eigenvalue weighted by atomic mass is 16.2. The van der Waals surface area contributed by atoms with Crippen LogP contribution in [-0.4, -0.2) is 13.0 Å². The Kier molecular flexibility index (Phi) is 2.65. The lowest BCUT2D eigenvalue weighted by atomic mass is 10.0. The predicted octanol–water partition coefficient (Wildman–Crippen LogP) is -0.497. The molecule has 4 heteroatoms. The van der Waals surface area contributed by atoms with Crippen LogP contribution in [0.2, 0.25) is 0 Å². The summed E-state index contributed by atoms with van der Waals surface area (Å²) in [5, 5.41) is 2.70. The van der Waals surface area contributed by atoms with Gasteiger partial charge in [-0.15, -0.1) is 0 Å². The van der Waals surface area contributed by atoms with Gasteiger partial charge in [-0.05, 0) is 12.6 Å². The number of likely N-dealkylation sites (N-methyl/N-ethyl adjacent to an activating group) is 1. The number of nitrogens with one attached hydrogen (secondary N) is 1. The highest BCUT2D eigenvalue weighted by molar-refractivity contribution is 5.85. The van der Waals surface area contributed by atoms with Crippen LogP contribution in [0.25, 0.3) is 0 Å². The molecule has 0 radical (unpaired) electrons. The van der Waals surface area contributed by atoms with E-state index in [4.69, 9.17) is 11.5 Å². The molecule has 1 aromatic rings. The molecule has 1 rings (SSSR count). The van der Waals surface area contributed by atoms with Crippen molar-refractivity contribution in [3.63, 3.8) is 0 Å². The Balaban J connectivity index is 3.11. The number of primary amides is 1. The van der Waals surface area contributed by atoms with Gasteiger partial charge in [-0.1, -0.05) is 30.3 Å². The minimum Gasteiger partial charge on any atom is -0.367 e. The smallest absolute Gasteiger partial charge is 0.257 e. The summed E-state index contributed by atoms with van der Waals surface area (Å²) < 4.78 is 0. The molecule has 5 N–H and O–H groups in total. The van der Waals surface area contributed by atoms with Gasteiger partial charge in [0.2, 0.25) is 0 Å². The van der Waals surface area contributed by atoms with Crippen molar-refractivity contribution in [3.05, 3.63) is 35.9 Å². The number of nitrogens with two attached hydrogens (primary N) is 2. The van der Waals surface area contributed by atoms with Crippen LogP contribution in [-0.2, 0) is 10.5 Å². The van der Waals surface area contributed by atoms with E-state index in [0.29, 0.717) is 5.56 Å². The van der Waals surface area contributed by atoms with Crippen molar-refractivity contribution in [2.24, 2.45) is 11.5 Å². The Hall–Kier alpha value is -1.39. The van der Waals surface area contributed by atoms with Gasteiger partial charge in [0.25, 0.3) is 5.91 Å². The fraction of sp³-hybridized carbons (Fsp3) is 0.222. The van der Waals surface area contributed by atoms with Gasteiger partial charge in [0.05, 0.1) is 0 Å². The summed E-state index contributed by atoms with van der Waals surface area (Å²) in [6.45, 7) is 0. The summed E-state index contributed by atoms with van der Waals surface area (Å²) in [4.78, 5) is 11.1. The van der Waals surface area contributed by atoms with Crippen LogP contribution >= 0.6 is 0 Å². The van der Waals surface area contributed by atoms with Gasteiger partial charge in [-0.2, -0.15) is 0 Å². The Morgan fingerprint density at radius 2 is 1.92 bits per heavy atom. The normalized spacial score (nSPS) is 14.9.